The quantitative estimate of drug-likeness (QED) is 0.500. The minimum Gasteiger partial charge on any atom is -0.426 e. The maximum atomic E-state index is 13.2. The fourth-order valence-corrected chi connectivity index (χ4v) is 6.08. The van der Waals surface area contributed by atoms with E-state index in [9.17, 15) is 22.8 Å². The molecule has 1 fully saturated rings. The van der Waals surface area contributed by atoms with Crippen molar-refractivity contribution in [3.63, 3.8) is 0 Å². The van der Waals surface area contributed by atoms with Crippen LogP contribution in [-0.4, -0.2) is 50.1 Å². The first-order chi connectivity index (χ1) is 16.6. The van der Waals surface area contributed by atoms with Crippen LogP contribution in [0.15, 0.2) is 41.3 Å². The first-order valence-corrected chi connectivity index (χ1v) is 13.0. The Morgan fingerprint density at radius 3 is 2.37 bits per heavy atom. The molecule has 2 aromatic carbocycles. The van der Waals surface area contributed by atoms with Crippen LogP contribution in [0.5, 0.6) is 5.75 Å². The second kappa shape index (κ2) is 9.79. The lowest BCUT2D eigenvalue weighted by atomic mass is 9.97. The summed E-state index contributed by atoms with van der Waals surface area (Å²) in [5, 5.41) is 2.85. The van der Waals surface area contributed by atoms with E-state index in [1.165, 1.54) is 18.2 Å². The molecule has 0 unspecified atom stereocenters. The summed E-state index contributed by atoms with van der Waals surface area (Å²) >= 11 is 0. The third kappa shape index (κ3) is 5.23. The average molecular weight is 500 g/mol. The number of aryl methyl sites for hydroxylation is 1. The molecule has 2 aliphatic heterocycles. The number of hydrogen-bond acceptors (Lipinski definition) is 6. The summed E-state index contributed by atoms with van der Waals surface area (Å²) in [6, 6.07) is 10.0. The number of hydrogen-bond donors (Lipinski definition) is 1. The highest BCUT2D eigenvalue weighted by Crippen LogP contribution is 2.32. The minimum absolute atomic E-state index is 0.0621. The first kappa shape index (κ1) is 24.9. The maximum absolute atomic E-state index is 13.2. The van der Waals surface area contributed by atoms with Crippen LogP contribution in [0.25, 0.3) is 0 Å². The molecule has 2 amide bonds. The standard InChI is InChI=1S/C25H29N3O6S/c1-16-4-5-21(15-24(16)34-18(3)30)26-25(31)19-8-11-27(12-9-19)35(32,33)22-6-7-23-20(14-22)10-13-28(23)17(2)29/h4-7,14-15,19H,8-13H2,1-3H3,(H,26,31). The van der Waals surface area contributed by atoms with Crippen LogP contribution in [0.3, 0.4) is 0 Å². The third-order valence-corrected chi connectivity index (χ3v) is 8.39. The van der Waals surface area contributed by atoms with Gasteiger partial charge in [0.2, 0.25) is 21.8 Å². The van der Waals surface area contributed by atoms with Gasteiger partial charge in [0.05, 0.1) is 4.90 Å². The number of nitrogens with one attached hydrogen (secondary N) is 1. The van der Waals surface area contributed by atoms with Crippen molar-refractivity contribution in [3.8, 4) is 5.75 Å². The number of anilines is 2. The summed E-state index contributed by atoms with van der Waals surface area (Å²) in [5.74, 6) is -0.639. The normalized spacial score (nSPS) is 16.6. The number of benzene rings is 2. The number of sulfonamides is 1. The van der Waals surface area contributed by atoms with E-state index >= 15 is 0 Å². The maximum Gasteiger partial charge on any atom is 0.308 e. The number of carbonyl (C=O) groups is 3. The van der Waals surface area contributed by atoms with Gasteiger partial charge in [-0.3, -0.25) is 14.4 Å². The number of rotatable bonds is 5. The molecule has 9 nitrogen and oxygen atoms in total. The zero-order valence-electron chi connectivity index (χ0n) is 20.0. The second-order valence-electron chi connectivity index (χ2n) is 8.95. The fraction of sp³-hybridized carbons (Fsp3) is 0.400. The monoisotopic (exact) mass is 499 g/mol. The molecule has 0 spiro atoms. The molecule has 0 radical (unpaired) electrons. The van der Waals surface area contributed by atoms with Crippen LogP contribution in [0.1, 0.15) is 37.8 Å². The van der Waals surface area contributed by atoms with Crippen molar-refractivity contribution in [1.82, 2.24) is 4.31 Å². The number of esters is 1. The molecular weight excluding hydrogens is 470 g/mol. The number of carbonyl (C=O) groups excluding carboxylic acids is 3. The van der Waals surface area contributed by atoms with Crippen molar-refractivity contribution in [2.24, 2.45) is 5.92 Å². The van der Waals surface area contributed by atoms with Gasteiger partial charge >= 0.3 is 5.97 Å². The van der Waals surface area contributed by atoms with E-state index in [4.69, 9.17) is 4.74 Å². The zero-order chi connectivity index (χ0) is 25.3. The van der Waals surface area contributed by atoms with Gasteiger partial charge in [-0.2, -0.15) is 4.31 Å². The molecule has 0 atom stereocenters. The molecule has 10 heteroatoms. The first-order valence-electron chi connectivity index (χ1n) is 11.6. The molecule has 2 heterocycles. The van der Waals surface area contributed by atoms with Gasteiger partial charge in [-0.15, -0.1) is 0 Å². The summed E-state index contributed by atoms with van der Waals surface area (Å²) in [7, 11) is -3.70. The van der Waals surface area contributed by atoms with Gasteiger partial charge in [-0.05, 0) is 61.6 Å². The Morgan fingerprint density at radius 2 is 1.71 bits per heavy atom. The van der Waals surface area contributed by atoms with E-state index in [2.05, 4.69) is 5.32 Å². The van der Waals surface area contributed by atoms with Crippen LogP contribution in [0, 0.1) is 12.8 Å². The molecule has 0 aromatic heterocycles. The number of amides is 2. The summed E-state index contributed by atoms with van der Waals surface area (Å²) in [4.78, 5) is 37.7. The predicted octanol–water partition coefficient (Wildman–Crippen LogP) is 2.87. The van der Waals surface area contributed by atoms with Crippen molar-refractivity contribution >= 4 is 39.2 Å². The van der Waals surface area contributed by atoms with Crippen LogP contribution >= 0.6 is 0 Å². The molecule has 2 aliphatic rings. The Hall–Kier alpha value is -3.24. The van der Waals surface area contributed by atoms with Gasteiger partial charge in [0, 0.05) is 56.8 Å². The molecule has 186 valence electrons. The smallest absolute Gasteiger partial charge is 0.308 e. The summed E-state index contributed by atoms with van der Waals surface area (Å²) in [6.07, 6.45) is 1.42. The van der Waals surface area contributed by atoms with Crippen molar-refractivity contribution in [1.29, 1.82) is 0 Å². The van der Waals surface area contributed by atoms with Crippen LogP contribution in [-0.2, 0) is 30.8 Å². The number of piperidine rings is 1. The Bertz CT molecular complexity index is 1280. The molecule has 35 heavy (non-hydrogen) atoms. The Morgan fingerprint density at radius 1 is 1.00 bits per heavy atom. The van der Waals surface area contributed by atoms with Gasteiger partial charge in [-0.25, -0.2) is 8.42 Å². The van der Waals surface area contributed by atoms with E-state index in [0.29, 0.717) is 37.2 Å². The van der Waals surface area contributed by atoms with E-state index in [0.717, 1.165) is 16.8 Å². The molecular formula is C25H29N3O6S. The highest BCUT2D eigenvalue weighted by Gasteiger charge is 2.33. The van der Waals surface area contributed by atoms with Gasteiger partial charge < -0.3 is 15.0 Å². The van der Waals surface area contributed by atoms with Crippen LogP contribution < -0.4 is 15.0 Å². The van der Waals surface area contributed by atoms with E-state index < -0.39 is 16.0 Å². The molecule has 1 N–H and O–H groups in total. The van der Waals surface area contributed by atoms with Gasteiger partial charge in [0.25, 0.3) is 0 Å². The molecule has 0 bridgehead atoms. The lowest BCUT2D eigenvalue weighted by Crippen LogP contribution is -2.41. The largest absolute Gasteiger partial charge is 0.426 e. The minimum atomic E-state index is -3.70. The molecule has 2 aromatic rings. The van der Waals surface area contributed by atoms with Crippen LogP contribution in [0.2, 0.25) is 0 Å². The summed E-state index contributed by atoms with van der Waals surface area (Å²) in [5.41, 5.74) is 2.91. The number of fused-ring (bicyclic) bond motifs is 1. The van der Waals surface area contributed by atoms with Gasteiger partial charge in [-0.1, -0.05) is 6.07 Å². The third-order valence-electron chi connectivity index (χ3n) is 6.50. The fourth-order valence-electron chi connectivity index (χ4n) is 4.56. The lowest BCUT2D eigenvalue weighted by molar-refractivity contribution is -0.132. The van der Waals surface area contributed by atoms with E-state index in [1.54, 1.807) is 48.2 Å². The van der Waals surface area contributed by atoms with Crippen molar-refractivity contribution in [2.45, 2.75) is 44.9 Å². The number of nitrogens with zero attached hydrogens (tertiary/aromatic N) is 2. The van der Waals surface area contributed by atoms with Crippen molar-refractivity contribution in [3.05, 3.63) is 47.5 Å². The van der Waals surface area contributed by atoms with Gasteiger partial charge in [0.1, 0.15) is 5.75 Å². The highest BCUT2D eigenvalue weighted by molar-refractivity contribution is 7.89. The Kier molecular flexibility index (Phi) is 6.95. The van der Waals surface area contributed by atoms with Crippen molar-refractivity contribution < 1.29 is 27.5 Å². The Balaban J connectivity index is 1.39. The molecule has 1 saturated heterocycles. The molecule has 0 aliphatic carbocycles. The topological polar surface area (TPSA) is 113 Å². The number of ether oxygens (including phenoxy) is 1. The lowest BCUT2D eigenvalue weighted by Gasteiger charge is -2.30. The summed E-state index contributed by atoms with van der Waals surface area (Å²) < 4.78 is 33.0. The van der Waals surface area contributed by atoms with E-state index in [1.807, 2.05) is 0 Å². The zero-order valence-corrected chi connectivity index (χ0v) is 20.9. The molecule has 0 saturated carbocycles. The highest BCUT2D eigenvalue weighted by atomic mass is 32.2. The molecule has 4 rings (SSSR count). The SMILES string of the molecule is CC(=O)Oc1cc(NC(=O)C2CCN(S(=O)(=O)c3ccc4c(c3)CCN4C(C)=O)CC2)ccc1C. The van der Waals surface area contributed by atoms with Gasteiger partial charge in [0.15, 0.2) is 0 Å². The summed E-state index contributed by atoms with van der Waals surface area (Å²) in [6.45, 7) is 5.65. The van der Waals surface area contributed by atoms with E-state index in [-0.39, 0.29) is 35.7 Å². The Labute approximate surface area is 205 Å². The second-order valence-corrected chi connectivity index (χ2v) is 10.9. The van der Waals surface area contributed by atoms with Crippen molar-refractivity contribution in [2.75, 3.05) is 29.9 Å². The predicted molar refractivity (Wildman–Crippen MR) is 131 cm³/mol. The average Bonchev–Trinajstić information content (AvgIpc) is 3.25. The van der Waals surface area contributed by atoms with Crippen LogP contribution in [0.4, 0.5) is 11.4 Å².